The molecule has 0 saturated carbocycles. The first-order chi connectivity index (χ1) is 7.77. The molecule has 0 heterocycles. The molecule has 0 radical (unpaired) electrons. The highest BCUT2D eigenvalue weighted by Crippen LogP contribution is 2.19. The van der Waals surface area contributed by atoms with E-state index in [-0.39, 0.29) is 0 Å². The van der Waals surface area contributed by atoms with E-state index in [1.165, 1.54) is 11.1 Å². The Morgan fingerprint density at radius 3 is 2.88 bits per heavy atom. The summed E-state index contributed by atoms with van der Waals surface area (Å²) in [5.41, 5.74) is 2.66. The van der Waals surface area contributed by atoms with Crippen LogP contribution >= 0.6 is 0 Å². The lowest BCUT2D eigenvalue weighted by Crippen LogP contribution is -2.22. The molecule has 0 fully saturated rings. The highest BCUT2D eigenvalue weighted by molar-refractivity contribution is 5.25. The molecule has 1 aromatic carbocycles. The van der Waals surface area contributed by atoms with E-state index in [1.54, 1.807) is 0 Å². The van der Waals surface area contributed by atoms with Gasteiger partial charge in [0, 0.05) is 12.5 Å². The monoisotopic (exact) mass is 215 g/mol. The van der Waals surface area contributed by atoms with E-state index in [2.05, 4.69) is 49.4 Å². The second-order valence-electron chi connectivity index (χ2n) is 4.16. The van der Waals surface area contributed by atoms with Crippen LogP contribution in [0.3, 0.4) is 0 Å². The molecule has 0 amide bonds. The Morgan fingerprint density at radius 2 is 2.25 bits per heavy atom. The Morgan fingerprint density at radius 1 is 1.44 bits per heavy atom. The van der Waals surface area contributed by atoms with Crippen LogP contribution in [0.25, 0.3) is 0 Å². The molecule has 1 atom stereocenters. The Labute approximate surface area is 99.3 Å². The van der Waals surface area contributed by atoms with Crippen molar-refractivity contribution in [2.75, 3.05) is 6.54 Å². The van der Waals surface area contributed by atoms with Gasteiger partial charge in [-0.05, 0) is 31.9 Å². The Hall–Kier alpha value is -1.26. The van der Waals surface area contributed by atoms with Crippen molar-refractivity contribution in [2.24, 2.45) is 0 Å². The molecule has 1 heteroatoms. The second kappa shape index (κ2) is 7.09. The van der Waals surface area contributed by atoms with Gasteiger partial charge in [-0.25, -0.2) is 0 Å². The highest BCUT2D eigenvalue weighted by Gasteiger charge is 2.09. The first kappa shape index (κ1) is 12.8. The Kier molecular flexibility index (Phi) is 5.67. The summed E-state index contributed by atoms with van der Waals surface area (Å²) in [5.74, 6) is 2.72. The topological polar surface area (TPSA) is 12.0 Å². The van der Waals surface area contributed by atoms with Gasteiger partial charge in [-0.3, -0.25) is 0 Å². The van der Waals surface area contributed by atoms with Crippen LogP contribution in [0.4, 0.5) is 0 Å². The van der Waals surface area contributed by atoms with Gasteiger partial charge in [-0.1, -0.05) is 36.8 Å². The second-order valence-corrected chi connectivity index (χ2v) is 4.16. The number of aryl methyl sites for hydroxylation is 1. The lowest BCUT2D eigenvalue weighted by Gasteiger charge is -2.18. The minimum Gasteiger partial charge on any atom is -0.310 e. The standard InChI is InChI=1S/C15H21N/c1-4-6-10-15(16-11-5-2)14-9-7-8-13(3)12-14/h1,7-9,12,15-16H,5-6,10-11H2,2-3H3. The molecule has 0 aliphatic carbocycles. The quantitative estimate of drug-likeness (QED) is 0.717. The minimum atomic E-state index is 0.399. The van der Waals surface area contributed by atoms with Gasteiger partial charge in [-0.15, -0.1) is 12.3 Å². The molecule has 1 unspecified atom stereocenters. The van der Waals surface area contributed by atoms with Crippen molar-refractivity contribution < 1.29 is 0 Å². The Bertz CT molecular complexity index is 349. The SMILES string of the molecule is C#CCCC(NCCC)c1cccc(C)c1. The summed E-state index contributed by atoms with van der Waals surface area (Å²) >= 11 is 0. The first-order valence-corrected chi connectivity index (χ1v) is 6.01. The maximum atomic E-state index is 5.34. The molecule has 0 spiro atoms. The van der Waals surface area contributed by atoms with Gasteiger partial charge in [0.1, 0.15) is 0 Å². The molecule has 16 heavy (non-hydrogen) atoms. The van der Waals surface area contributed by atoms with E-state index in [0.29, 0.717) is 6.04 Å². The van der Waals surface area contributed by atoms with Gasteiger partial charge in [0.05, 0.1) is 0 Å². The normalized spacial score (nSPS) is 12.1. The molecule has 0 aliphatic rings. The van der Waals surface area contributed by atoms with Crippen molar-refractivity contribution in [1.29, 1.82) is 0 Å². The van der Waals surface area contributed by atoms with E-state index < -0.39 is 0 Å². The summed E-state index contributed by atoms with van der Waals surface area (Å²) in [4.78, 5) is 0. The molecular formula is C15H21N. The minimum absolute atomic E-state index is 0.399. The summed E-state index contributed by atoms with van der Waals surface area (Å²) in [6.45, 7) is 5.35. The summed E-state index contributed by atoms with van der Waals surface area (Å²) in [5, 5.41) is 3.55. The molecule has 1 N–H and O–H groups in total. The van der Waals surface area contributed by atoms with Crippen molar-refractivity contribution in [3.8, 4) is 12.3 Å². The molecule has 0 aromatic heterocycles. The van der Waals surface area contributed by atoms with Crippen LogP contribution in [0.5, 0.6) is 0 Å². The van der Waals surface area contributed by atoms with Crippen LogP contribution < -0.4 is 5.32 Å². The number of nitrogens with one attached hydrogen (secondary N) is 1. The van der Waals surface area contributed by atoms with Crippen molar-refractivity contribution in [2.45, 2.75) is 39.2 Å². The molecular weight excluding hydrogens is 194 g/mol. The van der Waals surface area contributed by atoms with Crippen molar-refractivity contribution in [3.63, 3.8) is 0 Å². The van der Waals surface area contributed by atoms with Gasteiger partial charge < -0.3 is 5.32 Å². The van der Waals surface area contributed by atoms with E-state index in [4.69, 9.17) is 6.42 Å². The molecule has 0 aliphatic heterocycles. The van der Waals surface area contributed by atoms with Crippen molar-refractivity contribution in [3.05, 3.63) is 35.4 Å². The molecule has 0 bridgehead atoms. The van der Waals surface area contributed by atoms with Gasteiger partial charge in [0.15, 0.2) is 0 Å². The van der Waals surface area contributed by atoms with E-state index in [9.17, 15) is 0 Å². The summed E-state index contributed by atoms with van der Waals surface area (Å²) in [6.07, 6.45) is 8.33. The third-order valence-electron chi connectivity index (χ3n) is 2.66. The summed E-state index contributed by atoms with van der Waals surface area (Å²) in [7, 11) is 0. The van der Waals surface area contributed by atoms with Crippen LogP contribution in [0.15, 0.2) is 24.3 Å². The predicted octanol–water partition coefficient (Wildman–Crippen LogP) is 3.45. The fourth-order valence-corrected chi connectivity index (χ4v) is 1.82. The molecule has 1 aromatic rings. The highest BCUT2D eigenvalue weighted by atomic mass is 14.9. The number of hydrogen-bond donors (Lipinski definition) is 1. The smallest absolute Gasteiger partial charge is 0.0329 e. The van der Waals surface area contributed by atoms with Gasteiger partial charge >= 0.3 is 0 Å². The number of benzene rings is 1. The average molecular weight is 215 g/mol. The molecule has 0 saturated heterocycles. The summed E-state index contributed by atoms with van der Waals surface area (Å²) < 4.78 is 0. The zero-order valence-corrected chi connectivity index (χ0v) is 10.3. The van der Waals surface area contributed by atoms with Gasteiger partial charge in [-0.2, -0.15) is 0 Å². The van der Waals surface area contributed by atoms with Gasteiger partial charge in [0.2, 0.25) is 0 Å². The lowest BCUT2D eigenvalue weighted by molar-refractivity contribution is 0.505. The van der Waals surface area contributed by atoms with Crippen LogP contribution in [0.1, 0.15) is 43.4 Å². The zero-order valence-electron chi connectivity index (χ0n) is 10.3. The van der Waals surface area contributed by atoms with Crippen molar-refractivity contribution in [1.82, 2.24) is 5.32 Å². The van der Waals surface area contributed by atoms with E-state index in [0.717, 1.165) is 25.8 Å². The summed E-state index contributed by atoms with van der Waals surface area (Å²) in [6, 6.07) is 9.06. The van der Waals surface area contributed by atoms with Crippen molar-refractivity contribution >= 4 is 0 Å². The maximum Gasteiger partial charge on any atom is 0.0329 e. The fourth-order valence-electron chi connectivity index (χ4n) is 1.82. The van der Waals surface area contributed by atoms with E-state index >= 15 is 0 Å². The van der Waals surface area contributed by atoms with Gasteiger partial charge in [0.25, 0.3) is 0 Å². The average Bonchev–Trinajstić information content (AvgIpc) is 2.29. The molecule has 1 nitrogen and oxygen atoms in total. The number of terminal acetylenes is 1. The fraction of sp³-hybridized carbons (Fsp3) is 0.467. The van der Waals surface area contributed by atoms with E-state index in [1.807, 2.05) is 0 Å². The number of rotatable bonds is 6. The molecule has 86 valence electrons. The third-order valence-corrected chi connectivity index (χ3v) is 2.66. The Balaban J connectivity index is 2.70. The van der Waals surface area contributed by atoms with Crippen LogP contribution in [-0.2, 0) is 0 Å². The lowest BCUT2D eigenvalue weighted by atomic mass is 10.0. The van der Waals surface area contributed by atoms with Crippen LogP contribution in [-0.4, -0.2) is 6.54 Å². The first-order valence-electron chi connectivity index (χ1n) is 6.01. The zero-order chi connectivity index (χ0) is 11.8. The predicted molar refractivity (Wildman–Crippen MR) is 70.3 cm³/mol. The molecule has 1 rings (SSSR count). The van der Waals surface area contributed by atoms with Crippen LogP contribution in [0, 0.1) is 19.3 Å². The maximum absolute atomic E-state index is 5.34. The van der Waals surface area contributed by atoms with Crippen LogP contribution in [0.2, 0.25) is 0 Å². The third kappa shape index (κ3) is 4.08. The largest absolute Gasteiger partial charge is 0.310 e. The number of hydrogen-bond acceptors (Lipinski definition) is 1.